The number of nitrogen functional groups attached to an aromatic ring is 2. The van der Waals surface area contributed by atoms with Crippen molar-refractivity contribution in [2.45, 2.75) is 13.3 Å². The molecule has 0 fully saturated rings. The quantitative estimate of drug-likeness (QED) is 0.311. The predicted molar refractivity (Wildman–Crippen MR) is 141 cm³/mol. The van der Waals surface area contributed by atoms with Crippen molar-refractivity contribution in [3.05, 3.63) is 83.0 Å². The molecule has 8 nitrogen and oxygen atoms in total. The molecule has 8 heteroatoms. The van der Waals surface area contributed by atoms with Gasteiger partial charge in [-0.25, -0.2) is 4.98 Å². The second kappa shape index (κ2) is 12.6. The van der Waals surface area contributed by atoms with Crippen LogP contribution in [0.3, 0.4) is 0 Å². The number of hydrogen-bond donors (Lipinski definition) is 2. The van der Waals surface area contributed by atoms with Gasteiger partial charge in [-0.3, -0.25) is 4.79 Å². The van der Waals surface area contributed by atoms with Gasteiger partial charge in [0.2, 0.25) is 5.95 Å². The fraction of sp³-hybridized carbons (Fsp3) is 0.179. The van der Waals surface area contributed by atoms with Crippen LogP contribution in [0.25, 0.3) is 10.8 Å². The van der Waals surface area contributed by atoms with Crippen LogP contribution in [-0.4, -0.2) is 37.3 Å². The van der Waals surface area contributed by atoms with Crippen LogP contribution in [-0.2, 0) is 16.0 Å². The summed E-state index contributed by atoms with van der Waals surface area (Å²) in [6, 6.07) is 18.2. The highest BCUT2D eigenvalue weighted by Gasteiger charge is 2.13. The number of carbonyl (C=O) groups is 1. The molecular formula is C28H28N4O4. The van der Waals surface area contributed by atoms with Crippen LogP contribution < -0.4 is 20.9 Å². The van der Waals surface area contributed by atoms with Gasteiger partial charge in [-0.1, -0.05) is 42.2 Å². The third kappa shape index (κ3) is 6.64. The first kappa shape index (κ1) is 25.8. The van der Waals surface area contributed by atoms with Crippen molar-refractivity contribution in [2.75, 3.05) is 32.3 Å². The van der Waals surface area contributed by atoms with Crippen LogP contribution in [0.5, 0.6) is 11.5 Å². The van der Waals surface area contributed by atoms with E-state index in [0.29, 0.717) is 36.8 Å². The van der Waals surface area contributed by atoms with Crippen LogP contribution in [0.15, 0.2) is 60.8 Å². The summed E-state index contributed by atoms with van der Waals surface area (Å²) in [6.45, 7) is 2.66. The number of aromatic nitrogens is 2. The molecule has 4 rings (SSSR count). The zero-order chi connectivity index (χ0) is 25.9. The molecule has 4 N–H and O–H groups in total. The Bertz CT molecular complexity index is 1410. The van der Waals surface area contributed by atoms with Gasteiger partial charge in [-0.2, -0.15) is 4.98 Å². The predicted octanol–water partition coefficient (Wildman–Crippen LogP) is 3.98. The van der Waals surface area contributed by atoms with E-state index in [0.717, 1.165) is 27.6 Å². The first-order valence-corrected chi connectivity index (χ1v) is 11.2. The topological polar surface area (TPSA) is 123 Å². The highest BCUT2D eigenvalue weighted by molar-refractivity contribution is 5.83. The molecule has 0 unspecified atom stereocenters. The monoisotopic (exact) mass is 484 g/mol. The Morgan fingerprint density at radius 3 is 2.39 bits per heavy atom. The van der Waals surface area contributed by atoms with Gasteiger partial charge in [0, 0.05) is 23.7 Å². The van der Waals surface area contributed by atoms with Crippen molar-refractivity contribution in [3.63, 3.8) is 0 Å². The smallest absolute Gasteiger partial charge is 0.293 e. The van der Waals surface area contributed by atoms with E-state index in [9.17, 15) is 4.79 Å². The average Bonchev–Trinajstić information content (AvgIpc) is 2.89. The molecule has 3 aromatic carbocycles. The second-order valence-electron chi connectivity index (χ2n) is 7.56. The maximum Gasteiger partial charge on any atom is 0.293 e. The Balaban J connectivity index is 0.000000658. The van der Waals surface area contributed by atoms with E-state index < -0.39 is 0 Å². The largest absolute Gasteiger partial charge is 0.493 e. The van der Waals surface area contributed by atoms with Gasteiger partial charge in [-0.15, -0.1) is 0 Å². The summed E-state index contributed by atoms with van der Waals surface area (Å²) in [4.78, 5) is 17.3. The summed E-state index contributed by atoms with van der Waals surface area (Å²) < 4.78 is 15.3. The van der Waals surface area contributed by atoms with Gasteiger partial charge in [-0.05, 0) is 47.5 Å². The van der Waals surface area contributed by atoms with E-state index in [1.807, 2.05) is 30.3 Å². The molecule has 4 aromatic rings. The molecule has 0 radical (unpaired) electrons. The van der Waals surface area contributed by atoms with Crippen LogP contribution in [0.1, 0.15) is 29.2 Å². The number of ether oxygens (including phenoxy) is 3. The number of nitrogens with zero attached hydrogens (tertiary/aromatic N) is 2. The molecule has 0 spiro atoms. The average molecular weight is 485 g/mol. The third-order valence-electron chi connectivity index (χ3n) is 5.18. The lowest BCUT2D eigenvalue weighted by Gasteiger charge is -2.13. The lowest BCUT2D eigenvalue weighted by molar-refractivity contribution is -0.128. The van der Waals surface area contributed by atoms with Gasteiger partial charge < -0.3 is 25.7 Å². The Morgan fingerprint density at radius 2 is 1.75 bits per heavy atom. The van der Waals surface area contributed by atoms with E-state index in [2.05, 4.69) is 50.8 Å². The van der Waals surface area contributed by atoms with Gasteiger partial charge in [0.25, 0.3) is 6.47 Å². The van der Waals surface area contributed by atoms with Gasteiger partial charge in [0.05, 0.1) is 26.4 Å². The Labute approximate surface area is 210 Å². The third-order valence-corrected chi connectivity index (χ3v) is 5.18. The van der Waals surface area contributed by atoms with Gasteiger partial charge in [0.15, 0.2) is 11.5 Å². The standard InChI is InChI=1S/C25H22N4O2.C3H6O2/c1-30-22-14-17(13-21-15-28-25(27)29-24(21)26)12-20(23(22)31-2)10-8-16-7-9-18-5-3-4-6-19(18)11-16;1-2-5-3-4/h3-7,9,11-12,14-15H,13H2,1-2H3,(H4,26,27,28,29);3H,2H2,1H3. The maximum atomic E-state index is 9.18. The van der Waals surface area contributed by atoms with E-state index >= 15 is 0 Å². The summed E-state index contributed by atoms with van der Waals surface area (Å²) in [5.41, 5.74) is 15.0. The van der Waals surface area contributed by atoms with Crippen molar-refractivity contribution >= 4 is 29.0 Å². The fourth-order valence-corrected chi connectivity index (χ4v) is 3.48. The van der Waals surface area contributed by atoms with E-state index in [4.69, 9.17) is 20.9 Å². The number of nitrogens with two attached hydrogens (primary N) is 2. The Hall–Kier alpha value is -4.77. The van der Waals surface area contributed by atoms with Crippen molar-refractivity contribution in [3.8, 4) is 23.3 Å². The normalized spacial score (nSPS) is 9.86. The second-order valence-corrected chi connectivity index (χ2v) is 7.56. The van der Waals surface area contributed by atoms with Crippen molar-refractivity contribution in [1.29, 1.82) is 0 Å². The number of carbonyl (C=O) groups excluding carboxylic acids is 1. The Morgan fingerprint density at radius 1 is 0.972 bits per heavy atom. The summed E-state index contributed by atoms with van der Waals surface area (Å²) in [6.07, 6.45) is 2.14. The van der Waals surface area contributed by atoms with Crippen molar-refractivity contribution < 1.29 is 19.0 Å². The molecule has 0 aliphatic carbocycles. The van der Waals surface area contributed by atoms with Crippen LogP contribution in [0.2, 0.25) is 0 Å². The number of rotatable bonds is 6. The molecule has 184 valence electrons. The first-order chi connectivity index (χ1) is 17.5. The summed E-state index contributed by atoms with van der Waals surface area (Å²) in [5, 5.41) is 2.32. The zero-order valence-electron chi connectivity index (χ0n) is 20.4. The van der Waals surface area contributed by atoms with Crippen LogP contribution in [0, 0.1) is 11.8 Å². The molecule has 1 heterocycles. The van der Waals surface area contributed by atoms with Crippen LogP contribution >= 0.6 is 0 Å². The zero-order valence-corrected chi connectivity index (χ0v) is 20.4. The molecule has 0 aliphatic rings. The number of fused-ring (bicyclic) bond motifs is 1. The summed E-state index contributed by atoms with van der Waals surface area (Å²) in [5.74, 6) is 8.15. The SMILES string of the molecule is CCOC=O.COc1cc(Cc2cnc(N)nc2N)cc(C#Cc2ccc3ccccc3c2)c1OC. The summed E-state index contributed by atoms with van der Waals surface area (Å²) >= 11 is 0. The van der Waals surface area contributed by atoms with Gasteiger partial charge >= 0.3 is 0 Å². The minimum atomic E-state index is 0.149. The lowest BCUT2D eigenvalue weighted by Crippen LogP contribution is -2.04. The van der Waals surface area contributed by atoms with E-state index in [-0.39, 0.29) is 5.95 Å². The number of anilines is 2. The molecule has 0 bridgehead atoms. The molecule has 0 saturated heterocycles. The lowest BCUT2D eigenvalue weighted by atomic mass is 10.0. The molecular weight excluding hydrogens is 456 g/mol. The maximum absolute atomic E-state index is 9.18. The van der Waals surface area contributed by atoms with Crippen molar-refractivity contribution in [1.82, 2.24) is 9.97 Å². The Kier molecular flexibility index (Phi) is 9.06. The minimum absolute atomic E-state index is 0.149. The molecule has 0 atom stereocenters. The number of methoxy groups -OCH3 is 2. The van der Waals surface area contributed by atoms with E-state index in [1.54, 1.807) is 27.3 Å². The minimum Gasteiger partial charge on any atom is -0.493 e. The summed E-state index contributed by atoms with van der Waals surface area (Å²) in [7, 11) is 3.20. The molecule has 36 heavy (non-hydrogen) atoms. The number of benzene rings is 3. The highest BCUT2D eigenvalue weighted by atomic mass is 16.5. The molecule has 0 saturated carbocycles. The number of hydrogen-bond acceptors (Lipinski definition) is 8. The van der Waals surface area contributed by atoms with E-state index in [1.165, 1.54) is 5.39 Å². The van der Waals surface area contributed by atoms with Crippen molar-refractivity contribution in [2.24, 2.45) is 0 Å². The fourth-order valence-electron chi connectivity index (χ4n) is 3.48. The highest BCUT2D eigenvalue weighted by Crippen LogP contribution is 2.33. The molecule has 0 aliphatic heterocycles. The molecule has 1 aromatic heterocycles. The van der Waals surface area contributed by atoms with Gasteiger partial charge in [0.1, 0.15) is 5.82 Å². The molecule has 0 amide bonds. The van der Waals surface area contributed by atoms with Crippen LogP contribution in [0.4, 0.5) is 11.8 Å². The first-order valence-electron chi connectivity index (χ1n) is 11.2.